The van der Waals surface area contributed by atoms with E-state index in [-0.39, 0.29) is 0 Å². The van der Waals surface area contributed by atoms with E-state index in [2.05, 4.69) is 0 Å². The van der Waals surface area contributed by atoms with Crippen molar-refractivity contribution in [2.45, 2.75) is 0 Å². The largest absolute Gasteiger partial charge is 0.455 e. The van der Waals surface area contributed by atoms with E-state index in [9.17, 15) is 32.9 Å². The number of furan rings is 2. The summed E-state index contributed by atoms with van der Waals surface area (Å²) in [5.74, 6) is 0. The van der Waals surface area contributed by atoms with Crippen LogP contribution in [0.15, 0.2) is 359 Å². The molecule has 2 aromatic heterocycles. The maximum Gasteiger partial charge on any atom is 0.143 e. The topological polar surface area (TPSA) is 26.3 Å². The molecule has 98 heavy (non-hydrogen) atoms. The van der Waals surface area contributed by atoms with Crippen molar-refractivity contribution in [3.05, 3.63) is 350 Å². The van der Waals surface area contributed by atoms with Crippen LogP contribution >= 0.6 is 0 Å². The van der Waals surface area contributed by atoms with Crippen molar-refractivity contribution in [1.29, 1.82) is 0 Å². The number of hydrogen-bond donors (Lipinski definition) is 0. The monoisotopic (exact) mass is 1300 g/mol. The minimum absolute atomic E-state index is 0.416. The maximum atomic E-state index is 9.85. The molecule has 0 N–H and O–H groups in total. The van der Waals surface area contributed by atoms with Crippen LogP contribution in [0.2, 0.25) is 0 Å². The number of hydrogen-bond acceptors (Lipinski definition) is 2. The van der Waals surface area contributed by atoms with Crippen LogP contribution in [0.3, 0.4) is 0 Å². The molecular formula is C96H58O2. The van der Waals surface area contributed by atoms with Crippen LogP contribution < -0.4 is 0 Å². The minimum atomic E-state index is -1.13. The third kappa shape index (κ3) is 8.96. The predicted molar refractivity (Wildman–Crippen MR) is 418 cm³/mol. The number of benzene rings is 19. The Morgan fingerprint density at radius 3 is 0.857 bits per heavy atom. The summed E-state index contributed by atoms with van der Waals surface area (Å²) >= 11 is 0. The normalized spacial score (nSPS) is 20.2. The predicted octanol–water partition coefficient (Wildman–Crippen LogP) is 27.6. The van der Waals surface area contributed by atoms with E-state index in [0.717, 1.165) is 0 Å². The third-order valence-electron chi connectivity index (χ3n) is 16.2. The summed E-state index contributed by atoms with van der Waals surface area (Å²) in [6, 6.07) is -52.9. The molecule has 0 spiro atoms. The van der Waals surface area contributed by atoms with Gasteiger partial charge in [-0.3, -0.25) is 0 Å². The van der Waals surface area contributed by atoms with Crippen molar-refractivity contribution in [2.75, 3.05) is 0 Å². The van der Waals surface area contributed by atoms with Crippen molar-refractivity contribution in [1.82, 2.24) is 0 Å². The summed E-state index contributed by atoms with van der Waals surface area (Å²) in [6.07, 6.45) is 0. The molecule has 0 atom stereocenters. The van der Waals surface area contributed by atoms with E-state index >= 15 is 0 Å². The zero-order valence-corrected chi connectivity index (χ0v) is 48.8. The van der Waals surface area contributed by atoms with E-state index < -0.39 is 558 Å². The molecule has 0 saturated carbocycles. The Bertz CT molecular complexity index is 10300. The van der Waals surface area contributed by atoms with E-state index in [0.29, 0.717) is 0 Å². The van der Waals surface area contributed by atoms with Gasteiger partial charge in [-0.15, -0.1) is 0 Å². The molecule has 2 heteroatoms. The van der Waals surface area contributed by atoms with Crippen molar-refractivity contribution in [3.8, 4) is 66.8 Å². The standard InChI is InChI=1S/C50H30O.C46H28O/c1-3-11-38-32(9-1)19-22-36-29-35(24-26-39(36)38)31-17-20-34(21-18-31)48-41-13-5-7-15-43(41)49(44-16-8-6-14-42(44)48)37-25-28-47-46(30-37)45-27-23-33-10-2-4-12-40(33)50(45)51-47;1-2-11-33-27-34(22-19-29(33)9-1)30-17-20-32(21-18-30)44-37-13-5-7-15-39(37)45(40-16-8-6-14-38(40)44)35-24-26-43-42(28-35)41-25-23-31-10-3-4-12-36(31)46(41)47-43/h1-30H;1-28H/i1D,2D,3D,4D,5D,6D,7D,8D,9D,10D,11D,12D,13D,14D,15D,16D,17D,18D,19D,20D,21D,22D,23D,24D,25D,26D,27D,28D,29D,30D;1D,2D,3D,4D,5D,6D,7D,8D,9D,10D,11D,12D,13D,14D,15D,16D,17D,18D,19D,20D,21D,22D,23D,24D,25D,26D,27D,28D. The van der Waals surface area contributed by atoms with Gasteiger partial charge in [-0.25, -0.2) is 0 Å². The second kappa shape index (κ2) is 22.4. The number of rotatable bonds is 6. The summed E-state index contributed by atoms with van der Waals surface area (Å²) in [4.78, 5) is 0. The van der Waals surface area contributed by atoms with Crippen LogP contribution in [0.25, 0.3) is 208 Å². The van der Waals surface area contributed by atoms with Gasteiger partial charge in [-0.05, 0) is 201 Å². The molecule has 0 aliphatic carbocycles. The van der Waals surface area contributed by atoms with Crippen LogP contribution in [0.4, 0.5) is 0 Å². The summed E-state index contributed by atoms with van der Waals surface area (Å²) < 4.78 is 535. The van der Waals surface area contributed by atoms with E-state index in [1.165, 1.54) is 0 Å². The van der Waals surface area contributed by atoms with Crippen LogP contribution in [-0.2, 0) is 0 Å². The van der Waals surface area contributed by atoms with Gasteiger partial charge in [0.05, 0.1) is 79.5 Å². The Morgan fingerprint density at radius 2 is 0.418 bits per heavy atom. The van der Waals surface area contributed by atoms with Crippen LogP contribution in [0.1, 0.15) is 79.5 Å². The average molecular weight is 1300 g/mol. The molecule has 21 rings (SSSR count). The van der Waals surface area contributed by atoms with E-state index in [1.54, 1.807) is 0 Å². The molecule has 0 saturated heterocycles. The highest BCUT2D eigenvalue weighted by molar-refractivity contribution is 6.25. The first-order valence-corrected chi connectivity index (χ1v) is 29.1. The van der Waals surface area contributed by atoms with Gasteiger partial charge in [0.2, 0.25) is 0 Å². The lowest BCUT2D eigenvalue weighted by atomic mass is 9.85. The van der Waals surface area contributed by atoms with Gasteiger partial charge in [-0.2, -0.15) is 0 Å². The fourth-order valence-electron chi connectivity index (χ4n) is 11.9. The van der Waals surface area contributed by atoms with Crippen molar-refractivity contribution in [3.63, 3.8) is 0 Å². The van der Waals surface area contributed by atoms with Gasteiger partial charge < -0.3 is 8.83 Å². The molecule has 0 aliphatic heterocycles. The summed E-state index contributed by atoms with van der Waals surface area (Å²) in [5, 5.41) is -13.0. The van der Waals surface area contributed by atoms with Crippen LogP contribution in [0.5, 0.6) is 0 Å². The smallest absolute Gasteiger partial charge is 0.143 e. The summed E-state index contributed by atoms with van der Waals surface area (Å²) in [5.41, 5.74) is -11.8. The van der Waals surface area contributed by atoms with Crippen molar-refractivity contribution < 1.29 is 88.3 Å². The zero-order valence-electron chi connectivity index (χ0n) is 107. The quantitative estimate of drug-likeness (QED) is 0.123. The maximum absolute atomic E-state index is 9.85. The summed E-state index contributed by atoms with van der Waals surface area (Å²) in [6.45, 7) is 0. The van der Waals surface area contributed by atoms with Crippen LogP contribution in [-0.4, -0.2) is 0 Å². The van der Waals surface area contributed by atoms with Gasteiger partial charge in [-0.1, -0.05) is 302 Å². The molecule has 0 aliphatic rings. The molecule has 0 fully saturated rings. The highest BCUT2D eigenvalue weighted by Gasteiger charge is 2.22. The molecule has 0 bridgehead atoms. The number of fused-ring (bicyclic) bond motifs is 18. The van der Waals surface area contributed by atoms with Gasteiger partial charge in [0.1, 0.15) is 22.3 Å². The fraction of sp³-hybridized carbons (Fsp3) is 0. The molecule has 21 aromatic rings. The molecule has 2 heterocycles. The molecular weight excluding hydrogens is 1190 g/mol. The van der Waals surface area contributed by atoms with E-state index in [4.69, 9.17) is 55.4 Å². The molecule has 0 amide bonds. The average Bonchev–Trinajstić information content (AvgIpc) is 1.50. The lowest BCUT2D eigenvalue weighted by Gasteiger charge is -2.18. The third-order valence-corrected chi connectivity index (χ3v) is 16.2. The van der Waals surface area contributed by atoms with Gasteiger partial charge in [0, 0.05) is 32.3 Å². The highest BCUT2D eigenvalue weighted by atomic mass is 16.3. The summed E-state index contributed by atoms with van der Waals surface area (Å²) in [7, 11) is 0. The zero-order chi connectivity index (χ0) is 115. The van der Waals surface area contributed by atoms with Gasteiger partial charge in [0.25, 0.3) is 0 Å². The lowest BCUT2D eigenvalue weighted by Crippen LogP contribution is -1.91. The Balaban J connectivity index is 0.000000188. The second-order valence-corrected chi connectivity index (χ2v) is 21.5. The Labute approximate surface area is 646 Å². The Morgan fingerprint density at radius 1 is 0.153 bits per heavy atom. The minimum Gasteiger partial charge on any atom is -0.455 e. The molecule has 454 valence electrons. The Kier molecular flexibility index (Phi) is 5.24. The first-order chi connectivity index (χ1) is 72.8. The molecule has 2 nitrogen and oxygen atoms in total. The molecule has 0 radical (unpaired) electrons. The van der Waals surface area contributed by atoms with Gasteiger partial charge in [0.15, 0.2) is 0 Å². The van der Waals surface area contributed by atoms with Crippen molar-refractivity contribution in [2.24, 2.45) is 0 Å². The Hall–Kier alpha value is -12.9. The SMILES string of the molecule is [2H]c1c([2H])c(-c2c3c([2H])c([2H])c([2H])c([2H])c3c(-c3c([2H])c([2H])c4oc5c6c([2H])c([2H])c([2H])c([2H])c6c([2H])c([2H])c5c4c3[2H])c3c([2H])c([2H])c([2H])c([2H])c23)c([2H])c([2H])c1-c1c([2H])c([2H])c2c([2H])c([2H])c([2H])c([2H])c2c1[2H].[2H]c1c([2H])c(-c2c3c([2H])c([2H])c([2H])c([2H])c3c(-c3c([2H])c([2H])c4oc5c6c([2H])c([2H])c([2H])c([2H])c6c([2H])c([2H])c5c4c3[2H])c3c([2H])c([2H])c([2H])c([2H])c23)c([2H])c([2H])c1-c1c([2H])c([2H])c2c(c1[2H])c([2H])c([2H])c1c([2H])c([2H])c([2H])c([2H])c12. The van der Waals surface area contributed by atoms with Gasteiger partial charge >= 0.3 is 0 Å². The van der Waals surface area contributed by atoms with Crippen LogP contribution in [0, 0.1) is 0 Å². The van der Waals surface area contributed by atoms with E-state index in [1.807, 2.05) is 0 Å². The second-order valence-electron chi connectivity index (χ2n) is 21.5. The lowest BCUT2D eigenvalue weighted by molar-refractivity contribution is 0.672. The first-order valence-electron chi connectivity index (χ1n) is 58.1. The molecule has 19 aromatic carbocycles. The fourth-order valence-corrected chi connectivity index (χ4v) is 11.9. The van der Waals surface area contributed by atoms with Crippen molar-refractivity contribution >= 4 is 141 Å². The highest BCUT2D eigenvalue weighted by Crippen LogP contribution is 2.48. The molecule has 0 unspecified atom stereocenters. The first kappa shape index (κ1) is 22.9.